The number of nitrogens with zero attached hydrogens (tertiary/aromatic N) is 2. The molecular formula is C21H28N2O3. The predicted molar refractivity (Wildman–Crippen MR) is 102 cm³/mol. The summed E-state index contributed by atoms with van der Waals surface area (Å²) in [6.07, 6.45) is 2.29. The minimum Gasteiger partial charge on any atom is -0.493 e. The van der Waals surface area contributed by atoms with Crippen LogP contribution >= 0.6 is 0 Å². The first kappa shape index (κ1) is 18.5. The molecule has 0 aliphatic carbocycles. The normalized spacial score (nSPS) is 17.5. The second-order valence-corrected chi connectivity index (χ2v) is 7.06. The van der Waals surface area contributed by atoms with Crippen LogP contribution in [0.2, 0.25) is 0 Å². The SMILES string of the molecule is C=C(C)COc1c(CN2CCCC2c2c(C)noc2C)cccc1OC. The molecule has 1 aromatic carbocycles. The van der Waals surface area contributed by atoms with Crippen LogP contribution in [0.15, 0.2) is 34.9 Å². The van der Waals surface area contributed by atoms with E-state index in [1.807, 2.05) is 32.9 Å². The van der Waals surface area contributed by atoms with Crippen LogP contribution in [0, 0.1) is 13.8 Å². The summed E-state index contributed by atoms with van der Waals surface area (Å²) in [6, 6.07) is 6.40. The maximum absolute atomic E-state index is 6.02. The lowest BCUT2D eigenvalue weighted by Gasteiger charge is -2.26. The lowest BCUT2D eigenvalue weighted by molar-refractivity contribution is 0.238. The van der Waals surface area contributed by atoms with Crippen molar-refractivity contribution in [3.05, 3.63) is 52.9 Å². The Morgan fingerprint density at radius 1 is 1.38 bits per heavy atom. The molecule has 0 N–H and O–H groups in total. The third kappa shape index (κ3) is 3.78. The smallest absolute Gasteiger partial charge is 0.166 e. The van der Waals surface area contributed by atoms with Gasteiger partial charge in [0.05, 0.1) is 12.8 Å². The van der Waals surface area contributed by atoms with Gasteiger partial charge in [-0.25, -0.2) is 0 Å². The van der Waals surface area contributed by atoms with Gasteiger partial charge in [-0.1, -0.05) is 23.9 Å². The van der Waals surface area contributed by atoms with E-state index >= 15 is 0 Å². The molecule has 1 saturated heterocycles. The van der Waals surface area contributed by atoms with E-state index < -0.39 is 0 Å². The maximum Gasteiger partial charge on any atom is 0.166 e. The van der Waals surface area contributed by atoms with Gasteiger partial charge in [0, 0.05) is 23.7 Å². The highest BCUT2D eigenvalue weighted by Crippen LogP contribution is 2.39. The fourth-order valence-electron chi connectivity index (χ4n) is 3.73. The fraction of sp³-hybridized carbons (Fsp3) is 0.476. The molecule has 1 fully saturated rings. The van der Waals surface area contributed by atoms with Crippen LogP contribution in [0.1, 0.15) is 48.4 Å². The Morgan fingerprint density at radius 3 is 2.85 bits per heavy atom. The van der Waals surface area contributed by atoms with Crippen LogP contribution in [0.5, 0.6) is 11.5 Å². The number of aromatic nitrogens is 1. The third-order valence-corrected chi connectivity index (χ3v) is 4.90. The van der Waals surface area contributed by atoms with E-state index in [0.717, 1.165) is 53.6 Å². The van der Waals surface area contributed by atoms with Crippen molar-refractivity contribution in [2.45, 2.75) is 46.2 Å². The van der Waals surface area contributed by atoms with Crippen molar-refractivity contribution in [3.63, 3.8) is 0 Å². The summed E-state index contributed by atoms with van der Waals surface area (Å²) in [4.78, 5) is 2.48. The summed E-state index contributed by atoms with van der Waals surface area (Å²) < 4.78 is 16.9. The van der Waals surface area contributed by atoms with Gasteiger partial charge < -0.3 is 14.0 Å². The van der Waals surface area contributed by atoms with E-state index in [9.17, 15) is 0 Å². The molecule has 26 heavy (non-hydrogen) atoms. The van der Waals surface area contributed by atoms with Gasteiger partial charge in [0.2, 0.25) is 0 Å². The molecule has 2 aromatic rings. The van der Waals surface area contributed by atoms with Crippen LogP contribution in [0.4, 0.5) is 0 Å². The fourth-order valence-corrected chi connectivity index (χ4v) is 3.73. The number of hydrogen-bond donors (Lipinski definition) is 0. The zero-order chi connectivity index (χ0) is 18.7. The van der Waals surface area contributed by atoms with Crippen LogP contribution in [-0.2, 0) is 6.54 Å². The zero-order valence-corrected chi connectivity index (χ0v) is 16.2. The minimum absolute atomic E-state index is 0.335. The van der Waals surface area contributed by atoms with Crippen LogP contribution < -0.4 is 9.47 Å². The summed E-state index contributed by atoms with van der Waals surface area (Å²) >= 11 is 0. The van der Waals surface area contributed by atoms with Crippen molar-refractivity contribution in [1.82, 2.24) is 10.1 Å². The average Bonchev–Trinajstić information content (AvgIpc) is 3.19. The molecule has 3 rings (SSSR count). The number of hydrogen-bond acceptors (Lipinski definition) is 5. The van der Waals surface area contributed by atoms with E-state index in [4.69, 9.17) is 14.0 Å². The van der Waals surface area contributed by atoms with Gasteiger partial charge in [0.15, 0.2) is 11.5 Å². The van der Waals surface area contributed by atoms with Crippen molar-refractivity contribution in [2.24, 2.45) is 0 Å². The number of methoxy groups -OCH3 is 1. The van der Waals surface area contributed by atoms with Gasteiger partial charge >= 0.3 is 0 Å². The van der Waals surface area contributed by atoms with Gasteiger partial charge in [0.25, 0.3) is 0 Å². The Bertz CT molecular complexity index is 762. The molecule has 5 heteroatoms. The van der Waals surface area contributed by atoms with E-state index in [2.05, 4.69) is 22.7 Å². The summed E-state index contributed by atoms with van der Waals surface area (Å²) in [5, 5.41) is 4.14. The van der Waals surface area contributed by atoms with E-state index in [-0.39, 0.29) is 0 Å². The van der Waals surface area contributed by atoms with Crippen LogP contribution in [0.3, 0.4) is 0 Å². The highest BCUT2D eigenvalue weighted by molar-refractivity contribution is 5.47. The van der Waals surface area contributed by atoms with Crippen molar-refractivity contribution in [3.8, 4) is 11.5 Å². The quantitative estimate of drug-likeness (QED) is 0.679. The Balaban J connectivity index is 1.86. The first-order valence-electron chi connectivity index (χ1n) is 9.11. The molecule has 2 heterocycles. The Labute approximate surface area is 155 Å². The molecule has 5 nitrogen and oxygen atoms in total. The molecule has 0 saturated carbocycles. The lowest BCUT2D eigenvalue weighted by atomic mass is 10.0. The predicted octanol–water partition coefficient (Wildman–Crippen LogP) is 4.59. The standard InChI is InChI=1S/C21H28N2O3/c1-14(2)13-25-21-17(8-6-10-19(21)24-5)12-23-11-7-9-18(23)20-15(3)22-26-16(20)4/h6,8,10,18H,1,7,9,11-13H2,2-5H3. The molecule has 0 spiro atoms. The largest absolute Gasteiger partial charge is 0.493 e. The molecule has 1 aromatic heterocycles. The molecule has 1 atom stereocenters. The third-order valence-electron chi connectivity index (χ3n) is 4.90. The second kappa shape index (κ2) is 7.96. The van der Waals surface area contributed by atoms with Crippen molar-refractivity contribution in [2.75, 3.05) is 20.3 Å². The number of likely N-dealkylation sites (tertiary alicyclic amines) is 1. The Hall–Kier alpha value is -2.27. The monoisotopic (exact) mass is 356 g/mol. The number of aryl methyl sites for hydroxylation is 2. The minimum atomic E-state index is 0.335. The molecule has 1 unspecified atom stereocenters. The molecular weight excluding hydrogens is 328 g/mol. The summed E-state index contributed by atoms with van der Waals surface area (Å²) in [7, 11) is 1.68. The Kier molecular flexibility index (Phi) is 5.67. The highest BCUT2D eigenvalue weighted by atomic mass is 16.5. The topological polar surface area (TPSA) is 47.7 Å². The maximum atomic E-state index is 6.02. The van der Waals surface area contributed by atoms with Crippen molar-refractivity contribution in [1.29, 1.82) is 0 Å². The second-order valence-electron chi connectivity index (χ2n) is 7.06. The average molecular weight is 356 g/mol. The zero-order valence-electron chi connectivity index (χ0n) is 16.2. The van der Waals surface area contributed by atoms with Crippen molar-refractivity contribution < 1.29 is 14.0 Å². The number of ether oxygens (including phenoxy) is 2. The lowest BCUT2D eigenvalue weighted by Crippen LogP contribution is -2.24. The number of rotatable bonds is 7. The van der Waals surface area contributed by atoms with E-state index in [1.54, 1.807) is 7.11 Å². The van der Waals surface area contributed by atoms with Crippen LogP contribution in [0.25, 0.3) is 0 Å². The van der Waals surface area contributed by atoms with E-state index in [0.29, 0.717) is 12.6 Å². The molecule has 1 aliphatic rings. The van der Waals surface area contributed by atoms with Crippen LogP contribution in [-0.4, -0.2) is 30.3 Å². The summed E-state index contributed by atoms with van der Waals surface area (Å²) in [5.74, 6) is 2.49. The molecule has 0 radical (unpaired) electrons. The highest BCUT2D eigenvalue weighted by Gasteiger charge is 2.31. The first-order chi connectivity index (χ1) is 12.5. The van der Waals surface area contributed by atoms with E-state index in [1.165, 1.54) is 12.0 Å². The van der Waals surface area contributed by atoms with Gasteiger partial charge in [-0.05, 0) is 51.8 Å². The molecule has 0 amide bonds. The van der Waals surface area contributed by atoms with Gasteiger partial charge in [-0.2, -0.15) is 0 Å². The first-order valence-corrected chi connectivity index (χ1v) is 9.11. The van der Waals surface area contributed by atoms with Gasteiger partial charge in [0.1, 0.15) is 12.4 Å². The molecule has 1 aliphatic heterocycles. The summed E-state index contributed by atoms with van der Waals surface area (Å²) in [5.41, 5.74) is 4.33. The number of para-hydroxylation sites is 1. The van der Waals surface area contributed by atoms with Gasteiger partial charge in [-0.3, -0.25) is 4.90 Å². The summed E-state index contributed by atoms with van der Waals surface area (Å²) in [6.45, 7) is 12.3. The Morgan fingerprint density at radius 2 is 2.19 bits per heavy atom. The van der Waals surface area contributed by atoms with Gasteiger partial charge in [-0.15, -0.1) is 0 Å². The number of benzene rings is 1. The van der Waals surface area contributed by atoms with Crippen molar-refractivity contribution >= 4 is 0 Å². The molecule has 0 bridgehead atoms. The molecule has 140 valence electrons.